The van der Waals surface area contributed by atoms with Crippen LogP contribution in [0.15, 0.2) is 49.1 Å². The van der Waals surface area contributed by atoms with Gasteiger partial charge in [0.2, 0.25) is 11.8 Å². The van der Waals surface area contributed by atoms with Crippen LogP contribution >= 0.6 is 0 Å². The Kier molecular flexibility index (Phi) is 8.91. The highest BCUT2D eigenvalue weighted by Gasteiger charge is 2.40. The minimum atomic E-state index is -2.53. The number of benzene rings is 1. The fourth-order valence-corrected chi connectivity index (χ4v) is 7.42. The summed E-state index contributed by atoms with van der Waals surface area (Å²) in [4.78, 5) is 56.3. The van der Waals surface area contributed by atoms with Gasteiger partial charge in [-0.25, -0.2) is 19.3 Å². The van der Waals surface area contributed by atoms with Gasteiger partial charge in [0.1, 0.15) is 23.5 Å². The number of halogens is 1. The van der Waals surface area contributed by atoms with Gasteiger partial charge in [0.15, 0.2) is 11.6 Å². The molecule has 0 bridgehead atoms. The third-order valence-corrected chi connectivity index (χ3v) is 10.2. The highest BCUT2D eigenvalue weighted by atomic mass is 32.2. The number of piperazine rings is 1. The van der Waals surface area contributed by atoms with Crippen molar-refractivity contribution in [1.82, 2.24) is 49.0 Å². The van der Waals surface area contributed by atoms with Crippen molar-refractivity contribution in [3.8, 4) is 11.4 Å². The number of hydrogen-bond donors (Lipinski definition) is 2. The summed E-state index contributed by atoms with van der Waals surface area (Å²) in [5.41, 5.74) is 2.62. The molecule has 3 amide bonds. The molecule has 4 aromatic heterocycles. The Morgan fingerprint density at radius 3 is 2.62 bits per heavy atom. The van der Waals surface area contributed by atoms with Crippen LogP contribution < -0.4 is 15.5 Å². The normalized spacial score (nSPS) is 18.6. The Morgan fingerprint density at radius 1 is 1.08 bits per heavy atom. The van der Waals surface area contributed by atoms with E-state index in [0.29, 0.717) is 61.3 Å². The molecule has 7 heterocycles. The first-order valence-corrected chi connectivity index (χ1v) is 18.1. The minimum Gasteiger partial charge on any atom is -0.754 e. The lowest BCUT2D eigenvalue weighted by Gasteiger charge is -2.35. The van der Waals surface area contributed by atoms with Crippen molar-refractivity contribution in [2.45, 2.75) is 51.9 Å². The molecule has 2 unspecified atom stereocenters. The van der Waals surface area contributed by atoms with Crippen LogP contribution in [0.3, 0.4) is 0 Å². The van der Waals surface area contributed by atoms with Gasteiger partial charge in [0.25, 0.3) is 5.91 Å². The second-order valence-electron chi connectivity index (χ2n) is 13.5. The number of piperidine rings is 1. The fraction of sp³-hybridized carbons (Fsp3) is 0.353. The molecule has 1 aromatic carbocycles. The van der Waals surface area contributed by atoms with Crippen molar-refractivity contribution < 1.29 is 27.5 Å². The van der Waals surface area contributed by atoms with Gasteiger partial charge < -0.3 is 19.7 Å². The Balaban J connectivity index is 0.945. The predicted octanol–water partition coefficient (Wildman–Crippen LogP) is 2.27. The molecule has 0 saturated carbocycles. The number of pyridine rings is 1. The number of aromatic nitrogens is 7. The average Bonchev–Trinajstić information content (AvgIpc) is 3.85. The molecule has 274 valence electrons. The SMILES string of the molecule is CC(C)n1nc(N2CCN(Cc3cc(F)c4c(c3)CN(C3CCC(=O)NC3=O)C4=O)CC2)c2cnc(Nc3ccnc(-c4cnn(S(=O)[O-])c4)n3)cc21. The quantitative estimate of drug-likeness (QED) is 0.165. The van der Waals surface area contributed by atoms with Gasteiger partial charge in [-0.15, -0.1) is 0 Å². The van der Waals surface area contributed by atoms with Crippen LogP contribution in [0.2, 0.25) is 0 Å². The summed E-state index contributed by atoms with van der Waals surface area (Å²) in [5.74, 6) is 0.104. The van der Waals surface area contributed by atoms with Crippen molar-refractivity contribution >= 4 is 57.3 Å². The van der Waals surface area contributed by atoms with E-state index >= 15 is 4.39 Å². The first kappa shape index (κ1) is 34.4. The number of carbonyl (C=O) groups is 3. The standard InChI is InChI=1S/C34H35FN12O5S/c1-19(2)47-26-13-28(39-27-5-6-36-31(40-27)22-14-38-46(18-22)53(51)52)37-15-23(26)32(42-47)44-9-7-43(8-10-44)16-20-11-21-17-45(34(50)30(21)24(35)12-20)25-3-4-29(48)41-33(25)49/h5-6,11-15,18-19,25H,3-4,7-10,16-17H2,1-2H3,(H,51,52)(H,41,48,49)(H,36,37,39,40)/p-1. The molecule has 0 spiro atoms. The van der Waals surface area contributed by atoms with E-state index in [4.69, 9.17) is 5.10 Å². The Hall–Kier alpha value is -5.66. The van der Waals surface area contributed by atoms with E-state index in [2.05, 4.69) is 54.3 Å². The number of rotatable bonds is 9. The summed E-state index contributed by atoms with van der Waals surface area (Å²) in [6.07, 6.45) is 6.40. The first-order chi connectivity index (χ1) is 25.5. The fourth-order valence-electron chi connectivity index (χ4n) is 7.10. The monoisotopic (exact) mass is 741 g/mol. The lowest BCUT2D eigenvalue weighted by atomic mass is 10.0. The van der Waals surface area contributed by atoms with E-state index in [0.717, 1.165) is 26.4 Å². The maximum Gasteiger partial charge on any atom is 0.258 e. The van der Waals surface area contributed by atoms with Crippen LogP contribution in [0, 0.1) is 5.82 Å². The Morgan fingerprint density at radius 2 is 1.89 bits per heavy atom. The van der Waals surface area contributed by atoms with Crippen molar-refractivity contribution in [1.29, 1.82) is 0 Å². The van der Waals surface area contributed by atoms with Gasteiger partial charge in [0, 0.05) is 70.2 Å². The third-order valence-electron chi connectivity index (χ3n) is 9.66. The highest BCUT2D eigenvalue weighted by Crippen LogP contribution is 2.33. The maximum absolute atomic E-state index is 15.3. The van der Waals surface area contributed by atoms with E-state index in [1.165, 1.54) is 23.4 Å². The molecule has 0 aliphatic carbocycles. The van der Waals surface area contributed by atoms with Crippen LogP contribution in [0.1, 0.15) is 54.2 Å². The van der Waals surface area contributed by atoms with Gasteiger partial charge in [-0.05, 0) is 43.5 Å². The second-order valence-corrected chi connectivity index (χ2v) is 14.3. The summed E-state index contributed by atoms with van der Waals surface area (Å²) < 4.78 is 40.5. The molecular formula is C34H34FN12O5S-. The molecule has 2 N–H and O–H groups in total. The van der Waals surface area contributed by atoms with E-state index in [1.807, 2.05) is 16.8 Å². The van der Waals surface area contributed by atoms with Gasteiger partial charge in [-0.3, -0.25) is 33.5 Å². The number of carbonyl (C=O) groups excluding carboxylic acids is 3. The van der Waals surface area contributed by atoms with Crippen molar-refractivity contribution in [2.24, 2.45) is 0 Å². The lowest BCUT2D eigenvalue weighted by molar-refractivity contribution is -0.136. The summed E-state index contributed by atoms with van der Waals surface area (Å²) in [6.45, 7) is 7.48. The molecule has 19 heteroatoms. The topological polar surface area (TPSA) is 199 Å². The number of imide groups is 1. The van der Waals surface area contributed by atoms with Gasteiger partial charge >= 0.3 is 0 Å². The summed E-state index contributed by atoms with van der Waals surface area (Å²) in [5, 5.41) is 15.2. The van der Waals surface area contributed by atoms with Crippen LogP contribution in [0.25, 0.3) is 22.3 Å². The van der Waals surface area contributed by atoms with Crippen molar-refractivity contribution in [3.63, 3.8) is 0 Å². The predicted molar refractivity (Wildman–Crippen MR) is 189 cm³/mol. The number of amides is 3. The van der Waals surface area contributed by atoms with Crippen molar-refractivity contribution in [2.75, 3.05) is 36.4 Å². The number of anilines is 3. The smallest absolute Gasteiger partial charge is 0.258 e. The third kappa shape index (κ3) is 6.62. The molecule has 17 nitrogen and oxygen atoms in total. The van der Waals surface area contributed by atoms with Gasteiger partial charge in [-0.1, -0.05) is 6.07 Å². The minimum absolute atomic E-state index is 0.00524. The maximum atomic E-state index is 15.3. The zero-order chi connectivity index (χ0) is 37.0. The van der Waals surface area contributed by atoms with Gasteiger partial charge in [-0.2, -0.15) is 14.3 Å². The summed E-state index contributed by atoms with van der Waals surface area (Å²) >= 11 is -2.53. The van der Waals surface area contributed by atoms with E-state index in [1.54, 1.807) is 18.5 Å². The van der Waals surface area contributed by atoms with Crippen molar-refractivity contribution in [3.05, 3.63) is 71.6 Å². The molecule has 5 aromatic rings. The van der Waals surface area contributed by atoms with Crippen LogP contribution in [-0.4, -0.2) is 102 Å². The number of nitrogens with one attached hydrogen (secondary N) is 2. The molecule has 2 atom stereocenters. The zero-order valence-corrected chi connectivity index (χ0v) is 29.5. The average molecular weight is 742 g/mol. The highest BCUT2D eigenvalue weighted by molar-refractivity contribution is 7.77. The number of fused-ring (bicyclic) bond motifs is 2. The molecule has 3 aliphatic rings. The van der Waals surface area contributed by atoms with Crippen LogP contribution in [0.5, 0.6) is 0 Å². The molecule has 3 aliphatic heterocycles. The number of nitrogens with zero attached hydrogens (tertiary/aromatic N) is 10. The van der Waals surface area contributed by atoms with E-state index in [-0.39, 0.29) is 36.9 Å². The molecule has 2 fully saturated rings. The van der Waals surface area contributed by atoms with Crippen LogP contribution in [-0.2, 0) is 33.9 Å². The lowest BCUT2D eigenvalue weighted by Crippen LogP contribution is -2.52. The van der Waals surface area contributed by atoms with Crippen LogP contribution in [0.4, 0.5) is 21.8 Å². The number of hydrogen-bond acceptors (Lipinski definition) is 13. The molecule has 53 heavy (non-hydrogen) atoms. The Bertz CT molecular complexity index is 2300. The Labute approximate surface area is 304 Å². The van der Waals surface area contributed by atoms with Gasteiger partial charge in [0.05, 0.1) is 45.7 Å². The summed E-state index contributed by atoms with van der Waals surface area (Å²) in [6, 6.07) is 6.11. The first-order valence-electron chi connectivity index (χ1n) is 17.1. The van der Waals surface area contributed by atoms with E-state index in [9.17, 15) is 23.1 Å². The molecule has 8 rings (SSSR count). The van der Waals surface area contributed by atoms with E-state index < -0.39 is 34.9 Å². The largest absolute Gasteiger partial charge is 0.754 e. The second kappa shape index (κ2) is 13.7. The molecular weight excluding hydrogens is 708 g/mol. The zero-order valence-electron chi connectivity index (χ0n) is 28.7. The molecule has 0 radical (unpaired) electrons. The molecule has 2 saturated heterocycles. The summed E-state index contributed by atoms with van der Waals surface area (Å²) in [7, 11) is 0.